The number of nitrogens with two attached hydrogens (primary N) is 1. The lowest BCUT2D eigenvalue weighted by atomic mass is 9.68. The summed E-state index contributed by atoms with van der Waals surface area (Å²) in [5, 5.41) is 0. The quantitative estimate of drug-likeness (QED) is 0.864. The maximum atomic E-state index is 6.09. The molecule has 0 bridgehead atoms. The van der Waals surface area contributed by atoms with E-state index < -0.39 is 0 Å². The van der Waals surface area contributed by atoms with Gasteiger partial charge in [-0.3, -0.25) is 0 Å². The van der Waals surface area contributed by atoms with Crippen LogP contribution in [0.25, 0.3) is 0 Å². The van der Waals surface area contributed by atoms with Crippen molar-refractivity contribution in [2.24, 2.45) is 16.6 Å². The number of ether oxygens (including phenoxy) is 1. The predicted octanol–water partition coefficient (Wildman–Crippen LogP) is 2.79. The van der Waals surface area contributed by atoms with E-state index in [9.17, 15) is 0 Å². The molecule has 1 unspecified atom stereocenters. The highest BCUT2D eigenvalue weighted by atomic mass is 16.5. The first-order valence-corrected chi connectivity index (χ1v) is 8.76. The van der Waals surface area contributed by atoms with Gasteiger partial charge in [-0.25, -0.2) is 0 Å². The SMILES string of the molecule is NCC1(CN2CCC3(CCCCC3)CC2)CCCOC1. The molecular weight excluding hydrogens is 248 g/mol. The van der Waals surface area contributed by atoms with Gasteiger partial charge < -0.3 is 15.4 Å². The number of nitrogens with zero attached hydrogens (tertiary/aromatic N) is 1. The smallest absolute Gasteiger partial charge is 0.0546 e. The van der Waals surface area contributed by atoms with Gasteiger partial charge in [0.2, 0.25) is 0 Å². The topological polar surface area (TPSA) is 38.5 Å². The van der Waals surface area contributed by atoms with Crippen molar-refractivity contribution in [1.82, 2.24) is 4.90 Å². The molecule has 0 radical (unpaired) electrons. The number of rotatable bonds is 3. The summed E-state index contributed by atoms with van der Waals surface area (Å²) in [7, 11) is 0. The van der Waals surface area contributed by atoms with E-state index in [1.807, 2.05) is 0 Å². The summed E-state index contributed by atoms with van der Waals surface area (Å²) >= 11 is 0. The van der Waals surface area contributed by atoms with Crippen molar-refractivity contribution in [3.05, 3.63) is 0 Å². The lowest BCUT2D eigenvalue weighted by Gasteiger charge is -2.47. The molecule has 2 aliphatic heterocycles. The molecule has 1 aliphatic carbocycles. The van der Waals surface area contributed by atoms with E-state index in [0.717, 1.165) is 19.8 Å². The summed E-state index contributed by atoms with van der Waals surface area (Å²) in [6.45, 7) is 6.35. The molecule has 3 rings (SSSR count). The van der Waals surface area contributed by atoms with Crippen LogP contribution in [-0.2, 0) is 4.74 Å². The van der Waals surface area contributed by atoms with Crippen LogP contribution in [0.3, 0.4) is 0 Å². The average Bonchev–Trinajstić information content (AvgIpc) is 2.52. The van der Waals surface area contributed by atoms with Gasteiger partial charge in [-0.15, -0.1) is 0 Å². The van der Waals surface area contributed by atoms with E-state index in [0.29, 0.717) is 5.41 Å². The van der Waals surface area contributed by atoms with Gasteiger partial charge in [0.05, 0.1) is 6.61 Å². The zero-order valence-corrected chi connectivity index (χ0v) is 13.0. The maximum absolute atomic E-state index is 6.09. The van der Waals surface area contributed by atoms with Gasteiger partial charge in [0.25, 0.3) is 0 Å². The van der Waals surface area contributed by atoms with Crippen molar-refractivity contribution >= 4 is 0 Å². The molecule has 3 fully saturated rings. The van der Waals surface area contributed by atoms with Crippen LogP contribution in [0.15, 0.2) is 0 Å². The fourth-order valence-corrected chi connectivity index (χ4v) is 4.72. The Kier molecular flexibility index (Phi) is 4.68. The highest BCUT2D eigenvalue weighted by Gasteiger charge is 2.39. The largest absolute Gasteiger partial charge is 0.381 e. The molecule has 3 nitrogen and oxygen atoms in total. The zero-order chi connectivity index (χ0) is 13.9. The lowest BCUT2D eigenvalue weighted by molar-refractivity contribution is -0.0346. The van der Waals surface area contributed by atoms with Gasteiger partial charge in [0.1, 0.15) is 0 Å². The predicted molar refractivity (Wildman–Crippen MR) is 82.7 cm³/mol. The van der Waals surface area contributed by atoms with Gasteiger partial charge in [-0.1, -0.05) is 19.3 Å². The van der Waals surface area contributed by atoms with Crippen LogP contribution in [0.2, 0.25) is 0 Å². The van der Waals surface area contributed by atoms with Crippen molar-refractivity contribution < 1.29 is 4.74 Å². The molecule has 2 heterocycles. The summed E-state index contributed by atoms with van der Waals surface area (Å²) in [4.78, 5) is 2.68. The molecule has 20 heavy (non-hydrogen) atoms. The van der Waals surface area contributed by atoms with E-state index in [1.165, 1.54) is 77.4 Å². The van der Waals surface area contributed by atoms with Gasteiger partial charge in [-0.2, -0.15) is 0 Å². The molecule has 1 saturated carbocycles. The van der Waals surface area contributed by atoms with Gasteiger partial charge in [0, 0.05) is 25.1 Å². The lowest BCUT2D eigenvalue weighted by Crippen LogP contribution is -2.51. The molecule has 2 N–H and O–H groups in total. The molecule has 116 valence electrons. The molecule has 0 aromatic carbocycles. The van der Waals surface area contributed by atoms with Crippen LogP contribution < -0.4 is 5.73 Å². The number of likely N-dealkylation sites (tertiary alicyclic amines) is 1. The van der Waals surface area contributed by atoms with E-state index in [-0.39, 0.29) is 5.41 Å². The maximum Gasteiger partial charge on any atom is 0.0546 e. The van der Waals surface area contributed by atoms with E-state index >= 15 is 0 Å². The molecule has 2 saturated heterocycles. The van der Waals surface area contributed by atoms with Crippen LogP contribution >= 0.6 is 0 Å². The second-order valence-corrected chi connectivity index (χ2v) is 7.70. The minimum absolute atomic E-state index is 0.245. The van der Waals surface area contributed by atoms with Crippen molar-refractivity contribution in [3.63, 3.8) is 0 Å². The second-order valence-electron chi connectivity index (χ2n) is 7.70. The van der Waals surface area contributed by atoms with Crippen LogP contribution in [0.1, 0.15) is 57.8 Å². The molecule has 0 aromatic heterocycles. The number of piperidine rings is 1. The molecule has 1 atom stereocenters. The van der Waals surface area contributed by atoms with Crippen molar-refractivity contribution in [2.75, 3.05) is 39.4 Å². The normalized spacial score (nSPS) is 35.2. The van der Waals surface area contributed by atoms with Gasteiger partial charge >= 0.3 is 0 Å². The molecule has 1 spiro atoms. The van der Waals surface area contributed by atoms with E-state index in [4.69, 9.17) is 10.5 Å². The first kappa shape index (κ1) is 14.8. The Morgan fingerprint density at radius 3 is 2.25 bits per heavy atom. The molecule has 0 amide bonds. The molecule has 3 heteroatoms. The highest BCUT2D eigenvalue weighted by Crippen LogP contribution is 2.45. The summed E-state index contributed by atoms with van der Waals surface area (Å²) in [6.07, 6.45) is 12.7. The fraction of sp³-hybridized carbons (Fsp3) is 1.00. The first-order chi connectivity index (χ1) is 9.76. The summed E-state index contributed by atoms with van der Waals surface area (Å²) < 4.78 is 5.72. The van der Waals surface area contributed by atoms with E-state index in [1.54, 1.807) is 0 Å². The third-order valence-electron chi connectivity index (χ3n) is 6.23. The van der Waals surface area contributed by atoms with Crippen LogP contribution in [0, 0.1) is 10.8 Å². The van der Waals surface area contributed by atoms with Gasteiger partial charge in [-0.05, 0) is 57.0 Å². The van der Waals surface area contributed by atoms with Crippen molar-refractivity contribution in [3.8, 4) is 0 Å². The third kappa shape index (κ3) is 3.20. The Labute approximate surface area is 124 Å². The molecular formula is C17H32N2O. The Bertz CT molecular complexity index is 296. The Balaban J connectivity index is 1.52. The standard InChI is InChI=1S/C17H32N2O/c18-13-17(7-4-12-20-15-17)14-19-10-8-16(9-11-19)5-2-1-3-6-16/h1-15,18H2. The monoisotopic (exact) mass is 280 g/mol. The minimum atomic E-state index is 0.245. The number of hydrogen-bond acceptors (Lipinski definition) is 3. The summed E-state index contributed by atoms with van der Waals surface area (Å²) in [5.41, 5.74) is 7.05. The van der Waals surface area contributed by atoms with Crippen LogP contribution in [-0.4, -0.2) is 44.3 Å². The Hall–Kier alpha value is -0.120. The summed E-state index contributed by atoms with van der Waals surface area (Å²) in [5.74, 6) is 0. The second kappa shape index (κ2) is 6.33. The number of hydrogen-bond donors (Lipinski definition) is 1. The highest BCUT2D eigenvalue weighted by molar-refractivity contribution is 4.92. The average molecular weight is 280 g/mol. The molecule has 3 aliphatic rings. The summed E-state index contributed by atoms with van der Waals surface area (Å²) in [6, 6.07) is 0. The van der Waals surface area contributed by atoms with Crippen molar-refractivity contribution in [2.45, 2.75) is 57.8 Å². The zero-order valence-electron chi connectivity index (χ0n) is 13.0. The Morgan fingerprint density at radius 1 is 0.900 bits per heavy atom. The Morgan fingerprint density at radius 2 is 1.65 bits per heavy atom. The first-order valence-electron chi connectivity index (χ1n) is 8.76. The van der Waals surface area contributed by atoms with Crippen LogP contribution in [0.4, 0.5) is 0 Å². The van der Waals surface area contributed by atoms with Gasteiger partial charge in [0.15, 0.2) is 0 Å². The van der Waals surface area contributed by atoms with Crippen LogP contribution in [0.5, 0.6) is 0 Å². The van der Waals surface area contributed by atoms with E-state index in [2.05, 4.69) is 4.90 Å². The third-order valence-corrected chi connectivity index (χ3v) is 6.23. The molecule has 0 aromatic rings. The minimum Gasteiger partial charge on any atom is -0.381 e. The fourth-order valence-electron chi connectivity index (χ4n) is 4.72. The van der Waals surface area contributed by atoms with Crippen molar-refractivity contribution in [1.29, 1.82) is 0 Å².